The maximum Gasteiger partial charge on any atom is 0.226 e. The minimum absolute atomic E-state index is 0.0691. The molecule has 0 unspecified atom stereocenters. The summed E-state index contributed by atoms with van der Waals surface area (Å²) in [5.74, 6) is 1.10. The van der Waals surface area contributed by atoms with Crippen molar-refractivity contribution in [3.05, 3.63) is 29.3 Å². The van der Waals surface area contributed by atoms with Crippen molar-refractivity contribution in [2.45, 2.75) is 26.7 Å². The molecule has 0 aromatic heterocycles. The molecule has 20 heavy (non-hydrogen) atoms. The summed E-state index contributed by atoms with van der Waals surface area (Å²) in [5, 5.41) is 6.06. The Kier molecular flexibility index (Phi) is 4.65. The van der Waals surface area contributed by atoms with E-state index in [1.807, 2.05) is 13.8 Å². The van der Waals surface area contributed by atoms with Gasteiger partial charge in [0.05, 0.1) is 12.0 Å². The minimum atomic E-state index is -0.374. The molecule has 1 aliphatic heterocycles. The molecule has 0 atom stereocenters. The van der Waals surface area contributed by atoms with Crippen molar-refractivity contribution in [3.63, 3.8) is 0 Å². The molecule has 2 N–H and O–H groups in total. The summed E-state index contributed by atoms with van der Waals surface area (Å²) in [6, 6.07) is 6.41. The third-order valence-corrected chi connectivity index (χ3v) is 3.75. The second-order valence-electron chi connectivity index (χ2n) is 5.93. The SMILES string of the molecule is CNC(=O)C(C)(C)CNCCc1ccc2c(c1)CCO2. The zero-order valence-corrected chi connectivity index (χ0v) is 12.6. The van der Waals surface area contributed by atoms with Crippen molar-refractivity contribution >= 4 is 5.91 Å². The lowest BCUT2D eigenvalue weighted by molar-refractivity contribution is -0.128. The van der Waals surface area contributed by atoms with Crippen LogP contribution >= 0.6 is 0 Å². The minimum Gasteiger partial charge on any atom is -0.493 e. The molecule has 2 rings (SSSR count). The molecule has 0 bridgehead atoms. The molecule has 1 heterocycles. The highest BCUT2D eigenvalue weighted by Crippen LogP contribution is 2.25. The predicted molar refractivity (Wildman–Crippen MR) is 80.1 cm³/mol. The molecule has 1 aromatic carbocycles. The fourth-order valence-corrected chi connectivity index (χ4v) is 2.45. The lowest BCUT2D eigenvalue weighted by atomic mass is 9.92. The van der Waals surface area contributed by atoms with E-state index in [1.165, 1.54) is 11.1 Å². The van der Waals surface area contributed by atoms with Gasteiger partial charge in [0, 0.05) is 20.0 Å². The molecule has 1 aromatic rings. The van der Waals surface area contributed by atoms with Crippen molar-refractivity contribution in [3.8, 4) is 5.75 Å². The van der Waals surface area contributed by atoms with Crippen molar-refractivity contribution in [1.29, 1.82) is 0 Å². The second kappa shape index (κ2) is 6.27. The van der Waals surface area contributed by atoms with Crippen LogP contribution in [0, 0.1) is 5.41 Å². The third kappa shape index (κ3) is 3.51. The molecule has 0 saturated heterocycles. The summed E-state index contributed by atoms with van der Waals surface area (Å²) >= 11 is 0. The Morgan fingerprint density at radius 2 is 2.20 bits per heavy atom. The molecule has 0 spiro atoms. The van der Waals surface area contributed by atoms with Crippen LogP contribution in [0.1, 0.15) is 25.0 Å². The highest BCUT2D eigenvalue weighted by atomic mass is 16.5. The van der Waals surface area contributed by atoms with E-state index in [2.05, 4.69) is 28.8 Å². The molecule has 4 nitrogen and oxygen atoms in total. The highest BCUT2D eigenvalue weighted by molar-refractivity contribution is 5.81. The Hall–Kier alpha value is -1.55. The monoisotopic (exact) mass is 276 g/mol. The molecule has 110 valence electrons. The van der Waals surface area contributed by atoms with Crippen molar-refractivity contribution < 1.29 is 9.53 Å². The van der Waals surface area contributed by atoms with E-state index in [1.54, 1.807) is 7.05 Å². The molecule has 1 amide bonds. The Morgan fingerprint density at radius 3 is 2.95 bits per heavy atom. The van der Waals surface area contributed by atoms with E-state index in [-0.39, 0.29) is 11.3 Å². The van der Waals surface area contributed by atoms with Gasteiger partial charge in [-0.2, -0.15) is 0 Å². The Morgan fingerprint density at radius 1 is 1.40 bits per heavy atom. The number of hydrogen-bond donors (Lipinski definition) is 2. The van der Waals surface area contributed by atoms with Crippen LogP contribution in [0.15, 0.2) is 18.2 Å². The van der Waals surface area contributed by atoms with Crippen LogP contribution in [-0.4, -0.2) is 32.7 Å². The smallest absolute Gasteiger partial charge is 0.226 e. The van der Waals surface area contributed by atoms with E-state index in [0.29, 0.717) is 6.54 Å². The molecular formula is C16H24N2O2. The number of ether oxygens (including phenoxy) is 1. The first kappa shape index (κ1) is 14.9. The molecule has 1 aliphatic rings. The number of hydrogen-bond acceptors (Lipinski definition) is 3. The summed E-state index contributed by atoms with van der Waals surface area (Å²) in [6.45, 7) is 6.26. The quantitative estimate of drug-likeness (QED) is 0.775. The average molecular weight is 276 g/mol. The van der Waals surface area contributed by atoms with Crippen LogP contribution in [0.4, 0.5) is 0 Å². The Balaban J connectivity index is 1.78. The molecule has 0 saturated carbocycles. The number of nitrogens with one attached hydrogen (secondary N) is 2. The summed E-state index contributed by atoms with van der Waals surface area (Å²) in [5.41, 5.74) is 2.26. The van der Waals surface area contributed by atoms with Crippen LogP contribution in [0.25, 0.3) is 0 Å². The molecule has 0 fully saturated rings. The number of amides is 1. The van der Waals surface area contributed by atoms with Crippen molar-refractivity contribution in [1.82, 2.24) is 10.6 Å². The van der Waals surface area contributed by atoms with Crippen molar-refractivity contribution in [2.75, 3.05) is 26.7 Å². The van der Waals surface area contributed by atoms with E-state index >= 15 is 0 Å². The van der Waals surface area contributed by atoms with Gasteiger partial charge >= 0.3 is 0 Å². The summed E-state index contributed by atoms with van der Waals surface area (Å²) in [6.07, 6.45) is 1.98. The van der Waals surface area contributed by atoms with Gasteiger partial charge in [-0.1, -0.05) is 12.1 Å². The normalized spacial score (nSPS) is 13.8. The highest BCUT2D eigenvalue weighted by Gasteiger charge is 2.25. The maximum absolute atomic E-state index is 11.7. The summed E-state index contributed by atoms with van der Waals surface area (Å²) in [4.78, 5) is 11.7. The van der Waals surface area contributed by atoms with Gasteiger partial charge in [-0.15, -0.1) is 0 Å². The lowest BCUT2D eigenvalue weighted by Gasteiger charge is -2.22. The maximum atomic E-state index is 11.7. The van der Waals surface area contributed by atoms with Crippen LogP contribution < -0.4 is 15.4 Å². The fraction of sp³-hybridized carbons (Fsp3) is 0.562. The van der Waals surface area contributed by atoms with E-state index in [0.717, 1.165) is 31.7 Å². The van der Waals surface area contributed by atoms with E-state index in [9.17, 15) is 4.79 Å². The Labute approximate surface area is 120 Å². The number of fused-ring (bicyclic) bond motifs is 1. The Bertz CT molecular complexity index is 483. The first-order chi connectivity index (χ1) is 9.53. The molecule has 0 aliphatic carbocycles. The van der Waals surface area contributed by atoms with Crippen molar-refractivity contribution in [2.24, 2.45) is 5.41 Å². The topological polar surface area (TPSA) is 50.4 Å². The zero-order valence-electron chi connectivity index (χ0n) is 12.6. The largest absolute Gasteiger partial charge is 0.493 e. The average Bonchev–Trinajstić information content (AvgIpc) is 2.90. The van der Waals surface area contributed by atoms with Gasteiger partial charge in [0.15, 0.2) is 0 Å². The summed E-state index contributed by atoms with van der Waals surface area (Å²) < 4.78 is 5.50. The van der Waals surface area contributed by atoms with Crippen LogP contribution in [-0.2, 0) is 17.6 Å². The molecule has 0 radical (unpaired) electrons. The van der Waals surface area contributed by atoms with Gasteiger partial charge in [0.1, 0.15) is 5.75 Å². The van der Waals surface area contributed by atoms with Gasteiger partial charge in [-0.3, -0.25) is 4.79 Å². The van der Waals surface area contributed by atoms with E-state index < -0.39 is 0 Å². The van der Waals surface area contributed by atoms with Gasteiger partial charge in [-0.05, 0) is 44.0 Å². The van der Waals surface area contributed by atoms with Gasteiger partial charge in [0.25, 0.3) is 0 Å². The first-order valence-electron chi connectivity index (χ1n) is 7.20. The molecular weight excluding hydrogens is 252 g/mol. The predicted octanol–water partition coefficient (Wildman–Crippen LogP) is 1.53. The van der Waals surface area contributed by atoms with Gasteiger partial charge < -0.3 is 15.4 Å². The summed E-state index contributed by atoms with van der Waals surface area (Å²) in [7, 11) is 1.68. The van der Waals surface area contributed by atoms with Gasteiger partial charge in [0.2, 0.25) is 5.91 Å². The number of benzene rings is 1. The van der Waals surface area contributed by atoms with E-state index in [4.69, 9.17) is 4.74 Å². The lowest BCUT2D eigenvalue weighted by Crippen LogP contribution is -2.42. The van der Waals surface area contributed by atoms with Crippen LogP contribution in [0.5, 0.6) is 5.75 Å². The number of carbonyl (C=O) groups excluding carboxylic acids is 1. The standard InChI is InChI=1S/C16H24N2O2/c1-16(2,15(19)17-3)11-18-8-6-12-4-5-14-13(10-12)7-9-20-14/h4-5,10,18H,6-9,11H2,1-3H3,(H,17,19). The molecule has 4 heteroatoms. The zero-order chi connectivity index (χ0) is 14.6. The second-order valence-corrected chi connectivity index (χ2v) is 5.93. The number of rotatable bonds is 6. The number of carbonyl (C=O) groups is 1. The van der Waals surface area contributed by atoms with Crippen LogP contribution in [0.3, 0.4) is 0 Å². The van der Waals surface area contributed by atoms with Crippen LogP contribution in [0.2, 0.25) is 0 Å². The third-order valence-electron chi connectivity index (χ3n) is 3.75. The van der Waals surface area contributed by atoms with Gasteiger partial charge in [-0.25, -0.2) is 0 Å². The fourth-order valence-electron chi connectivity index (χ4n) is 2.45. The first-order valence-corrected chi connectivity index (χ1v) is 7.20.